The molecule has 1 N–H and O–H groups in total. The molecule has 0 fully saturated rings. The van der Waals surface area contributed by atoms with E-state index in [1.165, 1.54) is 17.7 Å². The molecule has 0 unspecified atom stereocenters. The van der Waals surface area contributed by atoms with Crippen molar-refractivity contribution in [1.82, 2.24) is 20.2 Å². The number of benzene rings is 1. The van der Waals surface area contributed by atoms with Crippen LogP contribution in [0.25, 0.3) is 0 Å². The van der Waals surface area contributed by atoms with Crippen LogP contribution in [-0.4, -0.2) is 40.3 Å². The summed E-state index contributed by atoms with van der Waals surface area (Å²) in [5.74, 6) is 1.03. The van der Waals surface area contributed by atoms with Gasteiger partial charge in [-0.05, 0) is 48.2 Å². The fourth-order valence-corrected chi connectivity index (χ4v) is 2.47. The molecule has 1 aromatic carbocycles. The maximum Gasteiger partial charge on any atom is 0.247 e. The molecule has 0 saturated heterocycles. The molecule has 2 heterocycles. The molecular formula is C19H21FN6. The van der Waals surface area contributed by atoms with Crippen LogP contribution in [0.1, 0.15) is 11.1 Å². The van der Waals surface area contributed by atoms with Crippen molar-refractivity contribution in [3.63, 3.8) is 0 Å². The summed E-state index contributed by atoms with van der Waals surface area (Å²) in [6, 6.07) is 10.5. The number of rotatable bonds is 8. The molecule has 0 aliphatic heterocycles. The Morgan fingerprint density at radius 1 is 1.00 bits per heavy atom. The Labute approximate surface area is 152 Å². The lowest BCUT2D eigenvalue weighted by Crippen LogP contribution is -2.23. The molecule has 0 atom stereocenters. The topological polar surface area (TPSA) is 66.8 Å². The molecule has 2 aromatic heterocycles. The quantitative estimate of drug-likeness (QED) is 0.672. The van der Waals surface area contributed by atoms with Gasteiger partial charge in [0, 0.05) is 32.5 Å². The number of nitrogens with zero attached hydrogens (tertiary/aromatic N) is 5. The summed E-state index contributed by atoms with van der Waals surface area (Å²) >= 11 is 0. The van der Waals surface area contributed by atoms with E-state index in [9.17, 15) is 4.39 Å². The van der Waals surface area contributed by atoms with E-state index < -0.39 is 0 Å². The first-order chi connectivity index (χ1) is 12.7. The van der Waals surface area contributed by atoms with Crippen molar-refractivity contribution in [1.29, 1.82) is 0 Å². The normalized spacial score (nSPS) is 10.5. The van der Waals surface area contributed by atoms with Gasteiger partial charge in [-0.15, -0.1) is 5.10 Å². The number of nitrogens with one attached hydrogen (secondary N) is 1. The van der Waals surface area contributed by atoms with Crippen molar-refractivity contribution >= 4 is 11.8 Å². The summed E-state index contributed by atoms with van der Waals surface area (Å²) in [6.07, 6.45) is 6.84. The molecule has 7 heteroatoms. The molecular weight excluding hydrogens is 331 g/mol. The van der Waals surface area contributed by atoms with Gasteiger partial charge < -0.3 is 10.2 Å². The molecule has 6 nitrogen and oxygen atoms in total. The third-order valence-electron chi connectivity index (χ3n) is 4.01. The maximum atomic E-state index is 12.9. The number of likely N-dealkylation sites (N-methyl/N-ethyl adjacent to an activating group) is 1. The van der Waals surface area contributed by atoms with E-state index in [0.717, 1.165) is 24.9 Å². The molecule has 134 valence electrons. The lowest BCUT2D eigenvalue weighted by molar-refractivity contribution is 0.627. The molecule has 0 saturated carbocycles. The summed E-state index contributed by atoms with van der Waals surface area (Å²) in [5.41, 5.74) is 2.28. The number of anilines is 2. The van der Waals surface area contributed by atoms with Gasteiger partial charge in [-0.25, -0.2) is 4.39 Å². The minimum absolute atomic E-state index is 0.221. The average Bonchev–Trinajstić information content (AvgIpc) is 2.69. The largest absolute Gasteiger partial charge is 0.368 e. The first-order valence-corrected chi connectivity index (χ1v) is 8.49. The second-order valence-corrected chi connectivity index (χ2v) is 5.97. The zero-order valence-electron chi connectivity index (χ0n) is 14.6. The van der Waals surface area contributed by atoms with Crippen LogP contribution >= 0.6 is 0 Å². The summed E-state index contributed by atoms with van der Waals surface area (Å²) in [4.78, 5) is 10.5. The zero-order chi connectivity index (χ0) is 18.2. The fourth-order valence-electron chi connectivity index (χ4n) is 2.47. The Hall–Kier alpha value is -3.09. The van der Waals surface area contributed by atoms with Crippen molar-refractivity contribution in [3.05, 3.63) is 71.9 Å². The highest BCUT2D eigenvalue weighted by molar-refractivity contribution is 5.38. The standard InChI is InChI=1S/C19H21FN6/c1-26(13-9-16-6-10-21-11-7-16)19-24-18(14-23-25-19)22-12-8-15-2-4-17(20)5-3-15/h2-7,10-11,14H,8-9,12-13H2,1H3,(H,22,24,25). The van der Waals surface area contributed by atoms with Crippen molar-refractivity contribution in [2.24, 2.45) is 0 Å². The van der Waals surface area contributed by atoms with Crippen LogP contribution in [0.5, 0.6) is 0 Å². The van der Waals surface area contributed by atoms with Crippen molar-refractivity contribution < 1.29 is 4.39 Å². The van der Waals surface area contributed by atoms with Crippen LogP contribution in [0.4, 0.5) is 16.2 Å². The minimum Gasteiger partial charge on any atom is -0.368 e. The maximum absolute atomic E-state index is 12.9. The van der Waals surface area contributed by atoms with Crippen molar-refractivity contribution in [2.45, 2.75) is 12.8 Å². The van der Waals surface area contributed by atoms with Gasteiger partial charge >= 0.3 is 0 Å². The van der Waals surface area contributed by atoms with Gasteiger partial charge in [0.15, 0.2) is 5.82 Å². The van der Waals surface area contributed by atoms with Gasteiger partial charge in [0.25, 0.3) is 0 Å². The third kappa shape index (κ3) is 5.20. The molecule has 0 bridgehead atoms. The van der Waals surface area contributed by atoms with E-state index in [0.29, 0.717) is 18.3 Å². The number of pyridine rings is 1. The summed E-state index contributed by atoms with van der Waals surface area (Å²) in [7, 11) is 1.94. The van der Waals surface area contributed by atoms with Gasteiger partial charge in [0.1, 0.15) is 5.82 Å². The molecule has 0 aliphatic carbocycles. The lowest BCUT2D eigenvalue weighted by Gasteiger charge is -2.17. The highest BCUT2D eigenvalue weighted by Gasteiger charge is 2.07. The molecule has 0 amide bonds. The van der Waals surface area contributed by atoms with Crippen LogP contribution in [0.2, 0.25) is 0 Å². The van der Waals surface area contributed by atoms with Gasteiger partial charge in [0.05, 0.1) is 6.20 Å². The SMILES string of the molecule is CN(CCc1ccncc1)c1nncc(NCCc2ccc(F)cc2)n1. The molecule has 0 aliphatic rings. The molecule has 3 aromatic rings. The Balaban J connectivity index is 1.51. The van der Waals surface area contributed by atoms with Crippen LogP contribution in [0, 0.1) is 5.82 Å². The number of hydrogen-bond donors (Lipinski definition) is 1. The second kappa shape index (κ2) is 8.84. The van der Waals surface area contributed by atoms with Gasteiger partial charge in [0.2, 0.25) is 5.95 Å². The van der Waals surface area contributed by atoms with Crippen LogP contribution in [0.3, 0.4) is 0 Å². The zero-order valence-corrected chi connectivity index (χ0v) is 14.6. The van der Waals surface area contributed by atoms with Gasteiger partial charge in [-0.2, -0.15) is 10.1 Å². The van der Waals surface area contributed by atoms with Crippen LogP contribution < -0.4 is 10.2 Å². The molecule has 26 heavy (non-hydrogen) atoms. The Bertz CT molecular complexity index is 810. The fraction of sp³-hybridized carbons (Fsp3) is 0.263. The predicted octanol–water partition coefficient (Wildman–Crippen LogP) is 2.74. The van der Waals surface area contributed by atoms with Gasteiger partial charge in [-0.1, -0.05) is 12.1 Å². The highest BCUT2D eigenvalue weighted by atomic mass is 19.1. The van der Waals surface area contributed by atoms with Crippen LogP contribution in [0.15, 0.2) is 55.0 Å². The summed E-state index contributed by atoms with van der Waals surface area (Å²) in [5, 5.41) is 11.4. The lowest BCUT2D eigenvalue weighted by atomic mass is 10.1. The van der Waals surface area contributed by atoms with E-state index in [1.807, 2.05) is 24.1 Å². The number of halogens is 1. The number of hydrogen-bond acceptors (Lipinski definition) is 6. The first-order valence-electron chi connectivity index (χ1n) is 8.49. The molecule has 0 radical (unpaired) electrons. The summed E-state index contributed by atoms with van der Waals surface area (Å²) < 4.78 is 12.9. The first kappa shape index (κ1) is 17.7. The summed E-state index contributed by atoms with van der Waals surface area (Å²) in [6.45, 7) is 1.47. The van der Waals surface area contributed by atoms with Crippen molar-refractivity contribution in [2.75, 3.05) is 30.4 Å². The smallest absolute Gasteiger partial charge is 0.247 e. The average molecular weight is 352 g/mol. The van der Waals surface area contributed by atoms with E-state index in [2.05, 4.69) is 25.5 Å². The Morgan fingerprint density at radius 2 is 1.73 bits per heavy atom. The van der Waals surface area contributed by atoms with E-state index in [-0.39, 0.29) is 5.82 Å². The monoisotopic (exact) mass is 352 g/mol. The van der Waals surface area contributed by atoms with E-state index in [4.69, 9.17) is 0 Å². The minimum atomic E-state index is -0.221. The highest BCUT2D eigenvalue weighted by Crippen LogP contribution is 2.10. The predicted molar refractivity (Wildman–Crippen MR) is 99.6 cm³/mol. The molecule has 3 rings (SSSR count). The van der Waals surface area contributed by atoms with Gasteiger partial charge in [-0.3, -0.25) is 4.98 Å². The van der Waals surface area contributed by atoms with E-state index >= 15 is 0 Å². The van der Waals surface area contributed by atoms with E-state index in [1.54, 1.807) is 30.7 Å². The van der Waals surface area contributed by atoms with Crippen molar-refractivity contribution in [3.8, 4) is 0 Å². The van der Waals surface area contributed by atoms with Crippen LogP contribution in [-0.2, 0) is 12.8 Å². The molecule has 0 spiro atoms. The Kier molecular flexibility index (Phi) is 6.03. The Morgan fingerprint density at radius 3 is 2.50 bits per heavy atom. The third-order valence-corrected chi connectivity index (χ3v) is 4.01. The number of aromatic nitrogens is 4. The second-order valence-electron chi connectivity index (χ2n) is 5.97.